The molecule has 0 saturated carbocycles. The van der Waals surface area contributed by atoms with Gasteiger partial charge < -0.3 is 0 Å². The van der Waals surface area contributed by atoms with Crippen LogP contribution in [0.1, 0.15) is 40.9 Å². The smallest absolute Gasteiger partial charge is 0.166 e. The van der Waals surface area contributed by atoms with Gasteiger partial charge in [0.05, 0.1) is 11.3 Å². The summed E-state index contributed by atoms with van der Waals surface area (Å²) in [5.74, 6) is 0.327. The molecular weight excluding hydrogens is 255 g/mol. The first-order valence-corrected chi connectivity index (χ1v) is 6.81. The molecule has 2 aromatic rings. The van der Waals surface area contributed by atoms with Gasteiger partial charge in [-0.2, -0.15) is 0 Å². The van der Waals surface area contributed by atoms with E-state index in [1.807, 2.05) is 0 Å². The number of aromatic nitrogens is 2. The summed E-state index contributed by atoms with van der Waals surface area (Å²) < 4.78 is 13.6. The van der Waals surface area contributed by atoms with Crippen LogP contribution in [0.25, 0.3) is 11.4 Å². The fourth-order valence-corrected chi connectivity index (χ4v) is 2.42. The SMILES string of the molecule is Cc1ccc(-c2ncc3c(n2)CCCCC3=O)cc1F. The van der Waals surface area contributed by atoms with E-state index in [2.05, 4.69) is 9.97 Å². The van der Waals surface area contributed by atoms with Crippen molar-refractivity contribution >= 4 is 5.78 Å². The number of carbonyl (C=O) groups is 1. The van der Waals surface area contributed by atoms with Crippen molar-refractivity contribution in [1.29, 1.82) is 0 Å². The van der Waals surface area contributed by atoms with Crippen LogP contribution in [0.4, 0.5) is 4.39 Å². The highest BCUT2D eigenvalue weighted by Gasteiger charge is 2.18. The first kappa shape index (κ1) is 12.9. The summed E-state index contributed by atoms with van der Waals surface area (Å²) in [6.45, 7) is 1.72. The minimum Gasteiger partial charge on any atom is -0.294 e. The molecule has 1 aromatic carbocycles. The van der Waals surface area contributed by atoms with Crippen LogP contribution in [0.15, 0.2) is 24.4 Å². The third kappa shape index (κ3) is 2.33. The third-order valence-corrected chi connectivity index (χ3v) is 3.67. The molecule has 1 aromatic heterocycles. The predicted octanol–water partition coefficient (Wildman–Crippen LogP) is 3.50. The zero-order valence-electron chi connectivity index (χ0n) is 11.3. The molecule has 0 bridgehead atoms. The summed E-state index contributed by atoms with van der Waals surface area (Å²) in [6, 6.07) is 4.96. The number of ketones is 1. The van der Waals surface area contributed by atoms with Crippen LogP contribution in [-0.4, -0.2) is 15.8 Å². The van der Waals surface area contributed by atoms with E-state index in [1.165, 1.54) is 6.07 Å². The van der Waals surface area contributed by atoms with Crippen molar-refractivity contribution < 1.29 is 9.18 Å². The summed E-state index contributed by atoms with van der Waals surface area (Å²) >= 11 is 0. The van der Waals surface area contributed by atoms with Gasteiger partial charge in [-0.1, -0.05) is 12.1 Å². The van der Waals surface area contributed by atoms with Crippen LogP contribution >= 0.6 is 0 Å². The first-order chi connectivity index (χ1) is 9.65. The fraction of sp³-hybridized carbons (Fsp3) is 0.312. The Kier molecular flexibility index (Phi) is 3.30. The Morgan fingerprint density at radius 2 is 2.00 bits per heavy atom. The molecule has 0 atom stereocenters. The standard InChI is InChI=1S/C16H15FN2O/c1-10-6-7-11(8-13(10)17)16-18-9-12-14(19-16)4-2-3-5-15(12)20/h6-9H,2-5H2,1H3. The van der Waals surface area contributed by atoms with E-state index >= 15 is 0 Å². The van der Waals surface area contributed by atoms with E-state index in [9.17, 15) is 9.18 Å². The van der Waals surface area contributed by atoms with Crippen LogP contribution < -0.4 is 0 Å². The molecule has 0 amide bonds. The highest BCUT2D eigenvalue weighted by Crippen LogP contribution is 2.23. The Morgan fingerprint density at radius 3 is 2.80 bits per heavy atom. The average Bonchev–Trinajstić information content (AvgIpc) is 2.63. The van der Waals surface area contributed by atoms with E-state index in [0.717, 1.165) is 25.0 Å². The van der Waals surface area contributed by atoms with Gasteiger partial charge in [-0.05, 0) is 37.8 Å². The molecule has 0 aliphatic heterocycles. The van der Waals surface area contributed by atoms with E-state index in [-0.39, 0.29) is 11.6 Å². The second-order valence-electron chi connectivity index (χ2n) is 5.15. The number of hydrogen-bond donors (Lipinski definition) is 0. The van der Waals surface area contributed by atoms with Crippen LogP contribution in [0.2, 0.25) is 0 Å². The van der Waals surface area contributed by atoms with E-state index in [4.69, 9.17) is 0 Å². The maximum absolute atomic E-state index is 13.6. The van der Waals surface area contributed by atoms with Crippen LogP contribution in [0.5, 0.6) is 0 Å². The van der Waals surface area contributed by atoms with Crippen LogP contribution in [-0.2, 0) is 6.42 Å². The predicted molar refractivity (Wildman–Crippen MR) is 74.0 cm³/mol. The normalized spacial score (nSPS) is 14.8. The van der Waals surface area contributed by atoms with Crippen molar-refractivity contribution in [2.75, 3.05) is 0 Å². The molecule has 0 saturated heterocycles. The Morgan fingerprint density at radius 1 is 1.20 bits per heavy atom. The number of carbonyl (C=O) groups excluding carboxylic acids is 1. The lowest BCUT2D eigenvalue weighted by molar-refractivity contribution is 0.0981. The molecule has 0 radical (unpaired) electrons. The molecule has 0 unspecified atom stereocenters. The molecule has 4 heteroatoms. The zero-order valence-corrected chi connectivity index (χ0v) is 11.3. The molecule has 102 valence electrons. The van der Waals surface area contributed by atoms with Gasteiger partial charge >= 0.3 is 0 Å². The van der Waals surface area contributed by atoms with Crippen molar-refractivity contribution in [2.45, 2.75) is 32.6 Å². The molecule has 3 nitrogen and oxygen atoms in total. The Labute approximate surface area is 116 Å². The number of benzene rings is 1. The highest BCUT2D eigenvalue weighted by atomic mass is 19.1. The molecule has 1 aliphatic rings. The lowest BCUT2D eigenvalue weighted by atomic mass is 10.1. The van der Waals surface area contributed by atoms with Gasteiger partial charge in [0, 0.05) is 18.2 Å². The third-order valence-electron chi connectivity index (χ3n) is 3.67. The lowest BCUT2D eigenvalue weighted by Gasteiger charge is -2.07. The first-order valence-electron chi connectivity index (χ1n) is 6.81. The molecular formula is C16H15FN2O. The maximum atomic E-state index is 13.6. The Balaban J connectivity index is 2.05. The number of rotatable bonds is 1. The van der Waals surface area contributed by atoms with Gasteiger partial charge in [-0.25, -0.2) is 14.4 Å². The average molecular weight is 270 g/mol. The highest BCUT2D eigenvalue weighted by molar-refractivity contribution is 5.97. The number of fused-ring (bicyclic) bond motifs is 1. The van der Waals surface area contributed by atoms with Crippen molar-refractivity contribution in [3.63, 3.8) is 0 Å². The monoisotopic (exact) mass is 270 g/mol. The fourth-order valence-electron chi connectivity index (χ4n) is 2.42. The van der Waals surface area contributed by atoms with Crippen molar-refractivity contribution in [2.24, 2.45) is 0 Å². The largest absolute Gasteiger partial charge is 0.294 e. The number of Topliss-reactive ketones (excluding diaryl/α,β-unsaturated/α-hetero) is 1. The Bertz CT molecular complexity index is 682. The van der Waals surface area contributed by atoms with Gasteiger partial charge in [0.2, 0.25) is 0 Å². The van der Waals surface area contributed by atoms with Crippen molar-refractivity contribution in [3.8, 4) is 11.4 Å². The molecule has 0 fully saturated rings. The molecule has 0 spiro atoms. The van der Waals surface area contributed by atoms with Crippen LogP contribution in [0.3, 0.4) is 0 Å². The molecule has 1 aliphatic carbocycles. The minimum absolute atomic E-state index is 0.110. The summed E-state index contributed by atoms with van der Waals surface area (Å²) in [7, 11) is 0. The van der Waals surface area contributed by atoms with Gasteiger partial charge in [0.25, 0.3) is 0 Å². The number of hydrogen-bond acceptors (Lipinski definition) is 3. The summed E-state index contributed by atoms with van der Waals surface area (Å²) in [4.78, 5) is 20.6. The van der Waals surface area contributed by atoms with E-state index < -0.39 is 0 Å². The summed E-state index contributed by atoms with van der Waals surface area (Å²) in [5.41, 5.74) is 2.66. The topological polar surface area (TPSA) is 42.9 Å². The summed E-state index contributed by atoms with van der Waals surface area (Å²) in [5, 5.41) is 0. The van der Waals surface area contributed by atoms with Gasteiger partial charge in [-0.3, -0.25) is 4.79 Å². The van der Waals surface area contributed by atoms with Crippen LogP contribution in [0, 0.1) is 12.7 Å². The molecule has 1 heterocycles. The maximum Gasteiger partial charge on any atom is 0.166 e. The summed E-state index contributed by atoms with van der Waals surface area (Å²) in [6.07, 6.45) is 4.78. The second kappa shape index (κ2) is 5.12. The van der Waals surface area contributed by atoms with E-state index in [1.54, 1.807) is 25.3 Å². The van der Waals surface area contributed by atoms with Crippen molar-refractivity contribution in [1.82, 2.24) is 9.97 Å². The quantitative estimate of drug-likeness (QED) is 0.745. The van der Waals surface area contributed by atoms with Gasteiger partial charge in [0.1, 0.15) is 5.82 Å². The molecule has 20 heavy (non-hydrogen) atoms. The van der Waals surface area contributed by atoms with Crippen molar-refractivity contribution in [3.05, 3.63) is 47.0 Å². The van der Waals surface area contributed by atoms with Gasteiger partial charge in [-0.15, -0.1) is 0 Å². The number of nitrogens with zero attached hydrogens (tertiary/aromatic N) is 2. The van der Waals surface area contributed by atoms with Gasteiger partial charge in [0.15, 0.2) is 11.6 Å². The second-order valence-corrected chi connectivity index (χ2v) is 5.15. The van der Waals surface area contributed by atoms with E-state index in [0.29, 0.717) is 28.9 Å². The zero-order chi connectivity index (χ0) is 14.1. The minimum atomic E-state index is -0.267. The molecule has 3 rings (SSSR count). The number of halogens is 1. The lowest BCUT2D eigenvalue weighted by Crippen LogP contribution is -2.05. The number of aryl methyl sites for hydroxylation is 2. The Hall–Kier alpha value is -2.10. The molecule has 0 N–H and O–H groups in total.